The molecule has 4 nitrogen and oxygen atoms in total. The lowest BCUT2D eigenvalue weighted by Gasteiger charge is -2.02. The first kappa shape index (κ1) is 19.1. The van der Waals surface area contributed by atoms with Crippen LogP contribution in [-0.4, -0.2) is 11.9 Å². The van der Waals surface area contributed by atoms with Crippen LogP contribution in [0.25, 0.3) is 17.4 Å². The first-order chi connectivity index (χ1) is 13.4. The van der Waals surface area contributed by atoms with Gasteiger partial charge in [0.1, 0.15) is 11.5 Å². The van der Waals surface area contributed by atoms with Crippen LogP contribution in [0.5, 0.6) is 0 Å². The molecule has 0 atom stereocenters. The molecule has 0 bridgehead atoms. The molecule has 3 aromatic rings. The average molecular weight is 453 g/mol. The number of esters is 1. The van der Waals surface area contributed by atoms with Crippen molar-refractivity contribution in [1.82, 2.24) is 0 Å². The maximum absolute atomic E-state index is 12.2. The molecule has 0 N–H and O–H groups in total. The number of cyclic esters (lactones) is 1. The second kappa shape index (κ2) is 7.64. The Morgan fingerprint density at radius 1 is 0.821 bits per heavy atom. The van der Waals surface area contributed by atoms with Crippen molar-refractivity contribution in [2.75, 3.05) is 0 Å². The third kappa shape index (κ3) is 3.82. The van der Waals surface area contributed by atoms with E-state index in [-0.39, 0.29) is 11.6 Å². The van der Waals surface area contributed by atoms with Gasteiger partial charge in [0.05, 0.1) is 15.6 Å². The molecular weight excluding hydrogens is 444 g/mol. The SMILES string of the molecule is O=C1OC(c2ccc(Cl)cc2Cl)=NC1=Cc1ccc(-c2ccc(Cl)cc2Cl)o1. The summed E-state index contributed by atoms with van der Waals surface area (Å²) in [5.41, 5.74) is 1.24. The number of carbonyl (C=O) groups excluding carboxylic acids is 1. The minimum Gasteiger partial charge on any atom is -0.457 e. The van der Waals surface area contributed by atoms with Crippen LogP contribution in [0, 0.1) is 0 Å². The summed E-state index contributed by atoms with van der Waals surface area (Å²) >= 11 is 24.2. The molecule has 1 aromatic heterocycles. The molecular formula is C20H9Cl4NO3. The fourth-order valence-corrected chi connectivity index (χ4v) is 3.58. The fourth-order valence-electron chi connectivity index (χ4n) is 2.59. The van der Waals surface area contributed by atoms with Gasteiger partial charge in [0.2, 0.25) is 5.90 Å². The van der Waals surface area contributed by atoms with Gasteiger partial charge in [-0.15, -0.1) is 0 Å². The van der Waals surface area contributed by atoms with Crippen LogP contribution in [-0.2, 0) is 9.53 Å². The highest BCUT2D eigenvalue weighted by atomic mass is 35.5. The number of hydrogen-bond acceptors (Lipinski definition) is 4. The topological polar surface area (TPSA) is 51.8 Å². The number of carbonyl (C=O) groups is 1. The van der Waals surface area contributed by atoms with Gasteiger partial charge in [-0.25, -0.2) is 9.79 Å². The lowest BCUT2D eigenvalue weighted by Crippen LogP contribution is -2.05. The third-order valence-electron chi connectivity index (χ3n) is 3.88. The van der Waals surface area contributed by atoms with Gasteiger partial charge in [0, 0.05) is 21.7 Å². The molecule has 0 spiro atoms. The molecule has 4 rings (SSSR count). The largest absolute Gasteiger partial charge is 0.457 e. The summed E-state index contributed by atoms with van der Waals surface area (Å²) in [6.07, 6.45) is 1.48. The van der Waals surface area contributed by atoms with E-state index in [9.17, 15) is 4.79 Å². The minimum atomic E-state index is -0.608. The van der Waals surface area contributed by atoms with Crippen molar-refractivity contribution in [3.05, 3.63) is 85.6 Å². The second-order valence-corrected chi connectivity index (χ2v) is 7.47. The number of benzene rings is 2. The van der Waals surface area contributed by atoms with Crippen LogP contribution in [0.4, 0.5) is 0 Å². The molecule has 1 aliphatic heterocycles. The molecule has 0 fully saturated rings. The second-order valence-electron chi connectivity index (χ2n) is 5.79. The van der Waals surface area contributed by atoms with Crippen LogP contribution in [0.2, 0.25) is 20.1 Å². The van der Waals surface area contributed by atoms with E-state index in [0.717, 1.165) is 0 Å². The van der Waals surface area contributed by atoms with Crippen molar-refractivity contribution in [2.45, 2.75) is 0 Å². The van der Waals surface area contributed by atoms with E-state index in [1.165, 1.54) is 6.08 Å². The predicted molar refractivity (Wildman–Crippen MR) is 111 cm³/mol. The summed E-state index contributed by atoms with van der Waals surface area (Å²) in [4.78, 5) is 16.4. The van der Waals surface area contributed by atoms with Crippen LogP contribution in [0.15, 0.2) is 63.6 Å². The van der Waals surface area contributed by atoms with E-state index >= 15 is 0 Å². The van der Waals surface area contributed by atoms with Crippen molar-refractivity contribution in [3.8, 4) is 11.3 Å². The van der Waals surface area contributed by atoms with Crippen molar-refractivity contribution in [2.24, 2.45) is 4.99 Å². The van der Waals surface area contributed by atoms with Gasteiger partial charge in [0.25, 0.3) is 0 Å². The average Bonchev–Trinajstić information content (AvgIpc) is 3.22. The number of hydrogen-bond donors (Lipinski definition) is 0. The number of rotatable bonds is 3. The molecule has 0 saturated carbocycles. The Balaban J connectivity index is 1.65. The summed E-state index contributed by atoms with van der Waals surface area (Å²) in [6.45, 7) is 0. The Morgan fingerprint density at radius 2 is 1.46 bits per heavy atom. The molecule has 2 heterocycles. The Kier molecular flexibility index (Phi) is 5.21. The molecule has 0 saturated heterocycles. The number of ether oxygens (including phenoxy) is 1. The summed E-state index contributed by atoms with van der Waals surface area (Å²) in [5.74, 6) is 0.443. The molecule has 0 aliphatic carbocycles. The molecule has 1 aliphatic rings. The zero-order valence-corrected chi connectivity index (χ0v) is 16.9. The Labute approximate surface area is 179 Å². The molecule has 0 amide bonds. The molecule has 0 radical (unpaired) electrons. The number of nitrogens with zero attached hydrogens (tertiary/aromatic N) is 1. The van der Waals surface area contributed by atoms with E-state index in [1.54, 1.807) is 48.5 Å². The van der Waals surface area contributed by atoms with Crippen molar-refractivity contribution < 1.29 is 13.9 Å². The Bertz CT molecular complexity index is 1160. The van der Waals surface area contributed by atoms with E-state index in [2.05, 4.69) is 4.99 Å². The number of furan rings is 1. The van der Waals surface area contributed by atoms with E-state index in [1.807, 2.05) is 0 Å². The maximum atomic E-state index is 12.2. The first-order valence-electron chi connectivity index (χ1n) is 7.94. The van der Waals surface area contributed by atoms with Crippen molar-refractivity contribution in [1.29, 1.82) is 0 Å². The molecule has 8 heteroatoms. The molecule has 2 aromatic carbocycles. The van der Waals surface area contributed by atoms with Crippen LogP contribution < -0.4 is 0 Å². The van der Waals surface area contributed by atoms with Crippen molar-refractivity contribution in [3.63, 3.8) is 0 Å². The minimum absolute atomic E-state index is 0.0871. The van der Waals surface area contributed by atoms with Gasteiger partial charge in [-0.1, -0.05) is 46.4 Å². The van der Waals surface area contributed by atoms with E-state index in [4.69, 9.17) is 55.6 Å². The number of aliphatic imine (C=N–C) groups is 1. The van der Waals surface area contributed by atoms with Gasteiger partial charge in [-0.3, -0.25) is 0 Å². The summed E-state index contributed by atoms with van der Waals surface area (Å²) in [6, 6.07) is 13.3. The highest BCUT2D eigenvalue weighted by Crippen LogP contribution is 2.32. The predicted octanol–water partition coefficient (Wildman–Crippen LogP) is 6.90. The first-order valence-corrected chi connectivity index (χ1v) is 9.45. The van der Waals surface area contributed by atoms with Crippen LogP contribution >= 0.6 is 46.4 Å². The summed E-state index contributed by atoms with van der Waals surface area (Å²) in [7, 11) is 0. The smallest absolute Gasteiger partial charge is 0.363 e. The van der Waals surface area contributed by atoms with Gasteiger partial charge in [-0.05, 0) is 48.5 Å². The summed E-state index contributed by atoms with van der Waals surface area (Å²) < 4.78 is 11.0. The molecule has 140 valence electrons. The van der Waals surface area contributed by atoms with Gasteiger partial charge < -0.3 is 9.15 Å². The van der Waals surface area contributed by atoms with E-state index < -0.39 is 5.97 Å². The van der Waals surface area contributed by atoms with E-state index in [0.29, 0.717) is 42.7 Å². The van der Waals surface area contributed by atoms with Crippen LogP contribution in [0.1, 0.15) is 11.3 Å². The standard InChI is InChI=1S/C20H9Cl4NO3/c21-10-1-4-13(15(23)7-10)18-6-3-12(27-18)9-17-20(26)28-19(25-17)14-5-2-11(22)8-16(14)24/h1-9H. The van der Waals surface area contributed by atoms with Gasteiger partial charge in [0.15, 0.2) is 5.70 Å². The van der Waals surface area contributed by atoms with Crippen LogP contribution in [0.3, 0.4) is 0 Å². The zero-order chi connectivity index (χ0) is 19.8. The summed E-state index contributed by atoms with van der Waals surface area (Å²) in [5, 5.41) is 1.79. The number of halogens is 4. The highest BCUT2D eigenvalue weighted by molar-refractivity contribution is 6.37. The van der Waals surface area contributed by atoms with Gasteiger partial charge >= 0.3 is 5.97 Å². The lowest BCUT2D eigenvalue weighted by atomic mass is 10.2. The maximum Gasteiger partial charge on any atom is 0.363 e. The quantitative estimate of drug-likeness (QED) is 0.320. The van der Waals surface area contributed by atoms with Crippen molar-refractivity contribution >= 4 is 64.3 Å². The molecule has 0 unspecified atom stereocenters. The Morgan fingerprint density at radius 3 is 2.11 bits per heavy atom. The molecule has 28 heavy (non-hydrogen) atoms. The third-order valence-corrected chi connectivity index (χ3v) is 4.98. The van der Waals surface area contributed by atoms with Gasteiger partial charge in [-0.2, -0.15) is 0 Å². The monoisotopic (exact) mass is 451 g/mol. The zero-order valence-electron chi connectivity index (χ0n) is 13.9. The highest BCUT2D eigenvalue weighted by Gasteiger charge is 2.26. The fraction of sp³-hybridized carbons (Fsp3) is 0. The normalized spacial score (nSPS) is 15.1. The Hall–Kier alpha value is -2.24. The lowest BCUT2D eigenvalue weighted by molar-refractivity contribution is -0.129.